The van der Waals surface area contributed by atoms with E-state index in [1.165, 1.54) is 57.8 Å². The van der Waals surface area contributed by atoms with Crippen molar-refractivity contribution in [1.82, 2.24) is 0 Å². The molecule has 0 rings (SSSR count). The van der Waals surface area contributed by atoms with E-state index in [4.69, 9.17) is 0 Å². The minimum atomic E-state index is 0.983. The van der Waals surface area contributed by atoms with Gasteiger partial charge in [-0.25, -0.2) is 0 Å². The Morgan fingerprint density at radius 2 is 1.00 bits per heavy atom. The third-order valence-electron chi connectivity index (χ3n) is 4.72. The first-order valence-corrected chi connectivity index (χ1v) is 10.2. The smallest absolute Gasteiger partial charge is 0.0386 e. The summed E-state index contributed by atoms with van der Waals surface area (Å²) < 4.78 is 0. The third kappa shape index (κ3) is 14.7. The first-order chi connectivity index (χ1) is 10.2. The lowest BCUT2D eigenvalue weighted by Gasteiger charge is -2.25. The highest BCUT2D eigenvalue weighted by Gasteiger charge is 2.17. The van der Waals surface area contributed by atoms with E-state index in [-0.39, 0.29) is 0 Å². The molecule has 0 saturated heterocycles. The summed E-state index contributed by atoms with van der Waals surface area (Å²) in [5.74, 6) is 2.97. The predicted octanol–water partition coefficient (Wildman–Crippen LogP) is 8.50. The van der Waals surface area contributed by atoms with Crippen molar-refractivity contribution in [2.75, 3.05) is 0 Å². The van der Waals surface area contributed by atoms with Crippen LogP contribution in [0.15, 0.2) is 0 Å². The molecule has 0 aromatic carbocycles. The molecule has 0 aromatic rings. The SMILES string of the molecule is CC.CC.CCCC(CCCC(CC)CC)C(CC)CC. The van der Waals surface area contributed by atoms with E-state index in [2.05, 4.69) is 34.6 Å². The molecule has 0 aliphatic rings. The Bertz CT molecular complexity index is 142. The maximum Gasteiger partial charge on any atom is -0.0386 e. The van der Waals surface area contributed by atoms with Crippen LogP contribution in [-0.2, 0) is 0 Å². The van der Waals surface area contributed by atoms with Crippen LogP contribution in [0, 0.1) is 17.8 Å². The topological polar surface area (TPSA) is 0 Å². The lowest BCUT2D eigenvalue weighted by molar-refractivity contribution is 0.261. The van der Waals surface area contributed by atoms with Crippen molar-refractivity contribution in [2.24, 2.45) is 17.8 Å². The lowest BCUT2D eigenvalue weighted by atomic mass is 9.80. The van der Waals surface area contributed by atoms with Gasteiger partial charge < -0.3 is 0 Å². The monoisotopic (exact) mass is 300 g/mol. The molecule has 0 fully saturated rings. The van der Waals surface area contributed by atoms with Gasteiger partial charge in [0.1, 0.15) is 0 Å². The van der Waals surface area contributed by atoms with Gasteiger partial charge in [-0.05, 0) is 17.8 Å². The molecule has 132 valence electrons. The molecule has 1 unspecified atom stereocenters. The van der Waals surface area contributed by atoms with Gasteiger partial charge in [-0.2, -0.15) is 0 Å². The Labute approximate surface area is 138 Å². The summed E-state index contributed by atoms with van der Waals surface area (Å²) in [5.41, 5.74) is 0. The van der Waals surface area contributed by atoms with Gasteiger partial charge in [-0.1, -0.05) is 120 Å². The minimum Gasteiger partial charge on any atom is -0.0683 e. The average molecular weight is 301 g/mol. The Morgan fingerprint density at radius 1 is 0.524 bits per heavy atom. The molecule has 0 heteroatoms. The van der Waals surface area contributed by atoms with Gasteiger partial charge in [0, 0.05) is 0 Å². The maximum absolute atomic E-state index is 2.37. The molecule has 0 nitrogen and oxygen atoms in total. The van der Waals surface area contributed by atoms with Crippen LogP contribution in [0.3, 0.4) is 0 Å². The molecule has 0 amide bonds. The summed E-state index contributed by atoms with van der Waals surface area (Å²) in [4.78, 5) is 0. The molecular formula is C21H48. The van der Waals surface area contributed by atoms with Crippen molar-refractivity contribution in [3.63, 3.8) is 0 Å². The van der Waals surface area contributed by atoms with Gasteiger partial charge in [0.05, 0.1) is 0 Å². The molecule has 0 aliphatic heterocycles. The van der Waals surface area contributed by atoms with Crippen molar-refractivity contribution in [1.29, 1.82) is 0 Å². The zero-order valence-electron chi connectivity index (χ0n) is 17.1. The van der Waals surface area contributed by atoms with Crippen LogP contribution in [0.4, 0.5) is 0 Å². The Balaban J connectivity index is -0.000000739. The van der Waals surface area contributed by atoms with Crippen LogP contribution in [-0.4, -0.2) is 0 Å². The first kappa shape index (κ1) is 25.9. The van der Waals surface area contributed by atoms with E-state index in [1.54, 1.807) is 0 Å². The highest BCUT2D eigenvalue weighted by atomic mass is 14.2. The van der Waals surface area contributed by atoms with Gasteiger partial charge in [-0.3, -0.25) is 0 Å². The van der Waals surface area contributed by atoms with Crippen molar-refractivity contribution >= 4 is 0 Å². The molecule has 0 aliphatic carbocycles. The van der Waals surface area contributed by atoms with E-state index in [9.17, 15) is 0 Å². The van der Waals surface area contributed by atoms with Crippen LogP contribution < -0.4 is 0 Å². The second kappa shape index (κ2) is 22.3. The quantitative estimate of drug-likeness (QED) is 0.359. The summed E-state index contributed by atoms with van der Waals surface area (Å²) in [6.45, 7) is 19.8. The van der Waals surface area contributed by atoms with Gasteiger partial charge in [0.15, 0.2) is 0 Å². The van der Waals surface area contributed by atoms with Crippen LogP contribution in [0.2, 0.25) is 0 Å². The molecular weight excluding hydrogens is 252 g/mol. The second-order valence-corrected chi connectivity index (χ2v) is 5.74. The van der Waals surface area contributed by atoms with E-state index >= 15 is 0 Å². The zero-order chi connectivity index (χ0) is 17.1. The van der Waals surface area contributed by atoms with E-state index in [0.29, 0.717) is 0 Å². The number of rotatable bonds is 11. The molecule has 0 bridgehead atoms. The molecule has 21 heavy (non-hydrogen) atoms. The fraction of sp³-hybridized carbons (Fsp3) is 1.00. The minimum absolute atomic E-state index is 0.983. The van der Waals surface area contributed by atoms with Gasteiger partial charge in [0.25, 0.3) is 0 Å². The van der Waals surface area contributed by atoms with Crippen LogP contribution >= 0.6 is 0 Å². The third-order valence-corrected chi connectivity index (χ3v) is 4.72. The number of hydrogen-bond donors (Lipinski definition) is 0. The molecule has 0 saturated carbocycles. The van der Waals surface area contributed by atoms with Crippen LogP contribution in [0.5, 0.6) is 0 Å². The predicted molar refractivity (Wildman–Crippen MR) is 103 cm³/mol. The highest BCUT2D eigenvalue weighted by Crippen LogP contribution is 2.30. The first-order valence-electron chi connectivity index (χ1n) is 10.2. The van der Waals surface area contributed by atoms with Crippen molar-refractivity contribution in [3.8, 4) is 0 Å². The highest BCUT2D eigenvalue weighted by molar-refractivity contribution is 4.69. The Kier molecular flexibility index (Phi) is 27.5. The van der Waals surface area contributed by atoms with E-state index < -0.39 is 0 Å². The lowest BCUT2D eigenvalue weighted by Crippen LogP contribution is -2.14. The number of hydrogen-bond acceptors (Lipinski definition) is 0. The Hall–Kier alpha value is 0. The standard InChI is InChI=1S/C17H36.2C2H6/c1-6-12-17(16(9-4)10-5)14-11-13-15(7-2)8-3;2*1-2/h15-17H,6-14H2,1-5H3;2*1-2H3. The van der Waals surface area contributed by atoms with E-state index in [1.807, 2.05) is 27.7 Å². The molecule has 0 aromatic heterocycles. The second-order valence-electron chi connectivity index (χ2n) is 5.74. The summed E-state index contributed by atoms with van der Waals surface area (Å²) in [5, 5.41) is 0. The van der Waals surface area contributed by atoms with Crippen LogP contribution in [0.1, 0.15) is 120 Å². The summed E-state index contributed by atoms with van der Waals surface area (Å²) in [6.07, 6.45) is 12.7. The summed E-state index contributed by atoms with van der Waals surface area (Å²) in [6, 6.07) is 0. The summed E-state index contributed by atoms with van der Waals surface area (Å²) in [7, 11) is 0. The van der Waals surface area contributed by atoms with Gasteiger partial charge in [-0.15, -0.1) is 0 Å². The fourth-order valence-electron chi connectivity index (χ4n) is 3.31. The molecule has 0 spiro atoms. The van der Waals surface area contributed by atoms with Gasteiger partial charge in [0.2, 0.25) is 0 Å². The van der Waals surface area contributed by atoms with Crippen molar-refractivity contribution in [2.45, 2.75) is 120 Å². The summed E-state index contributed by atoms with van der Waals surface area (Å²) >= 11 is 0. The van der Waals surface area contributed by atoms with E-state index in [0.717, 1.165) is 17.8 Å². The average Bonchev–Trinajstić information content (AvgIpc) is 2.56. The van der Waals surface area contributed by atoms with Gasteiger partial charge >= 0.3 is 0 Å². The molecule has 0 radical (unpaired) electrons. The Morgan fingerprint density at radius 3 is 1.33 bits per heavy atom. The maximum atomic E-state index is 2.37. The molecule has 0 heterocycles. The van der Waals surface area contributed by atoms with Crippen LogP contribution in [0.25, 0.3) is 0 Å². The molecule has 1 atom stereocenters. The van der Waals surface area contributed by atoms with Crippen molar-refractivity contribution in [3.05, 3.63) is 0 Å². The largest absolute Gasteiger partial charge is 0.0683 e. The normalized spacial score (nSPS) is 11.6. The van der Waals surface area contributed by atoms with Crippen molar-refractivity contribution < 1.29 is 0 Å². The molecule has 0 N–H and O–H groups in total. The zero-order valence-corrected chi connectivity index (χ0v) is 17.1. The fourth-order valence-corrected chi connectivity index (χ4v) is 3.31.